The number of rotatable bonds is 5. The van der Waals surface area contributed by atoms with Gasteiger partial charge in [-0.2, -0.15) is 4.98 Å². The summed E-state index contributed by atoms with van der Waals surface area (Å²) in [4.78, 5) is 27.1. The van der Waals surface area contributed by atoms with E-state index in [0.29, 0.717) is 17.6 Å². The van der Waals surface area contributed by atoms with Crippen LogP contribution in [-0.2, 0) is 0 Å². The number of hydrogen-bond donors (Lipinski definition) is 2. The van der Waals surface area contributed by atoms with Crippen molar-refractivity contribution in [2.24, 2.45) is 0 Å². The molecule has 2 aromatic rings. The van der Waals surface area contributed by atoms with Crippen molar-refractivity contribution in [2.75, 3.05) is 24.3 Å². The Morgan fingerprint density at radius 3 is 2.56 bits per heavy atom. The largest absolute Gasteiger partial charge is 0.363 e. The Kier molecular flexibility index (Phi) is 7.79. The minimum absolute atomic E-state index is 0. The zero-order valence-electron chi connectivity index (χ0n) is 15.4. The first-order valence-corrected chi connectivity index (χ1v) is 9.49. The molecule has 0 aromatic carbocycles. The van der Waals surface area contributed by atoms with Crippen LogP contribution in [0.15, 0.2) is 35.2 Å². The molecule has 0 unspecified atom stereocenters. The Balaban J connectivity index is 0.00000261. The number of anilines is 2. The van der Waals surface area contributed by atoms with E-state index in [-0.39, 0.29) is 24.4 Å². The maximum Gasteiger partial charge on any atom is 0.253 e. The minimum atomic E-state index is -0.0720. The van der Waals surface area contributed by atoms with Crippen LogP contribution in [0.1, 0.15) is 36.0 Å². The van der Waals surface area contributed by atoms with Gasteiger partial charge in [-0.25, -0.2) is 4.98 Å². The summed E-state index contributed by atoms with van der Waals surface area (Å²) >= 11 is 3.34. The molecule has 3 rings (SSSR count). The molecule has 1 aliphatic carbocycles. The van der Waals surface area contributed by atoms with Gasteiger partial charge in [-0.15, -0.1) is 12.4 Å². The zero-order chi connectivity index (χ0) is 18.5. The van der Waals surface area contributed by atoms with E-state index in [4.69, 9.17) is 0 Å². The summed E-state index contributed by atoms with van der Waals surface area (Å²) in [7, 11) is 3.92. The van der Waals surface area contributed by atoms with Gasteiger partial charge >= 0.3 is 0 Å². The highest BCUT2D eigenvalue weighted by molar-refractivity contribution is 9.10. The van der Waals surface area contributed by atoms with Crippen molar-refractivity contribution in [1.82, 2.24) is 20.3 Å². The van der Waals surface area contributed by atoms with E-state index in [0.717, 1.165) is 36.0 Å². The SMILES string of the molecule is CN(C)c1ccnc(N[C@H]2CC[C@@H](NC(=O)c3cncc(Br)c3)CC2)n1.Cl. The molecule has 0 saturated heterocycles. The predicted octanol–water partition coefficient (Wildman–Crippen LogP) is 3.28. The minimum Gasteiger partial charge on any atom is -0.363 e. The highest BCUT2D eigenvalue weighted by atomic mass is 79.9. The lowest BCUT2D eigenvalue weighted by molar-refractivity contribution is 0.0926. The number of hydrogen-bond acceptors (Lipinski definition) is 6. The number of pyridine rings is 1. The van der Waals surface area contributed by atoms with Crippen LogP contribution in [0.25, 0.3) is 0 Å². The van der Waals surface area contributed by atoms with Crippen molar-refractivity contribution in [2.45, 2.75) is 37.8 Å². The molecule has 2 heterocycles. The van der Waals surface area contributed by atoms with E-state index in [1.807, 2.05) is 25.1 Å². The van der Waals surface area contributed by atoms with Crippen LogP contribution in [0.5, 0.6) is 0 Å². The summed E-state index contributed by atoms with van der Waals surface area (Å²) < 4.78 is 0.804. The summed E-state index contributed by atoms with van der Waals surface area (Å²) in [6.07, 6.45) is 8.82. The molecule has 9 heteroatoms. The van der Waals surface area contributed by atoms with Crippen molar-refractivity contribution < 1.29 is 4.79 Å². The number of carbonyl (C=O) groups is 1. The topological polar surface area (TPSA) is 83.0 Å². The number of nitrogens with one attached hydrogen (secondary N) is 2. The van der Waals surface area contributed by atoms with Crippen LogP contribution in [0.3, 0.4) is 0 Å². The first kappa shape index (κ1) is 21.4. The second-order valence-electron chi connectivity index (χ2n) is 6.69. The fourth-order valence-corrected chi connectivity index (χ4v) is 3.40. The molecule has 0 aliphatic heterocycles. The standard InChI is InChI=1S/C18H23BrN6O.ClH/c1-25(2)16-7-8-21-18(24-16)23-15-5-3-14(4-6-15)22-17(26)12-9-13(19)11-20-10-12;/h7-11,14-15H,3-6H2,1-2H3,(H,22,26)(H,21,23,24);1H/t14-,15+;. The molecule has 0 bridgehead atoms. The van der Waals surface area contributed by atoms with E-state index < -0.39 is 0 Å². The lowest BCUT2D eigenvalue weighted by Gasteiger charge is -2.29. The predicted molar refractivity (Wildman–Crippen MR) is 113 cm³/mol. The number of halogens is 2. The van der Waals surface area contributed by atoms with Crippen LogP contribution in [0.2, 0.25) is 0 Å². The maximum atomic E-state index is 12.3. The van der Waals surface area contributed by atoms with Crippen molar-refractivity contribution in [3.8, 4) is 0 Å². The summed E-state index contributed by atoms with van der Waals surface area (Å²) in [5.74, 6) is 1.47. The highest BCUT2D eigenvalue weighted by Crippen LogP contribution is 2.22. The first-order chi connectivity index (χ1) is 12.5. The quantitative estimate of drug-likeness (QED) is 0.720. The lowest BCUT2D eigenvalue weighted by Crippen LogP contribution is -2.40. The molecule has 2 N–H and O–H groups in total. The molecule has 27 heavy (non-hydrogen) atoms. The number of nitrogens with zero attached hydrogens (tertiary/aromatic N) is 4. The summed E-state index contributed by atoms with van der Waals surface area (Å²) in [5, 5.41) is 6.52. The Labute approximate surface area is 173 Å². The fraction of sp³-hybridized carbons (Fsp3) is 0.444. The van der Waals surface area contributed by atoms with E-state index in [2.05, 4.69) is 41.5 Å². The van der Waals surface area contributed by atoms with Gasteiger partial charge in [0, 0.05) is 49.2 Å². The van der Waals surface area contributed by atoms with Crippen molar-refractivity contribution >= 4 is 46.0 Å². The van der Waals surface area contributed by atoms with E-state index in [9.17, 15) is 4.79 Å². The Bertz CT molecular complexity index is 767. The molecule has 1 fully saturated rings. The molecular formula is C18H24BrClN6O. The number of carbonyl (C=O) groups excluding carboxylic acids is 1. The third kappa shape index (κ3) is 6.04. The van der Waals surface area contributed by atoms with Gasteiger partial charge in [0.2, 0.25) is 5.95 Å². The molecule has 146 valence electrons. The monoisotopic (exact) mass is 454 g/mol. The third-order valence-corrected chi connectivity index (χ3v) is 4.90. The van der Waals surface area contributed by atoms with Gasteiger partial charge in [0.05, 0.1) is 5.56 Å². The maximum absolute atomic E-state index is 12.3. The number of aromatic nitrogens is 3. The van der Waals surface area contributed by atoms with Crippen LogP contribution in [0, 0.1) is 0 Å². The van der Waals surface area contributed by atoms with Gasteiger partial charge in [0.25, 0.3) is 5.91 Å². The molecule has 1 saturated carbocycles. The van der Waals surface area contributed by atoms with Crippen LogP contribution in [0.4, 0.5) is 11.8 Å². The summed E-state index contributed by atoms with van der Waals surface area (Å²) in [6, 6.07) is 4.18. The number of amides is 1. The Morgan fingerprint density at radius 2 is 1.89 bits per heavy atom. The normalized spacial score (nSPS) is 18.9. The molecular weight excluding hydrogens is 432 g/mol. The molecule has 1 amide bonds. The zero-order valence-corrected chi connectivity index (χ0v) is 17.8. The highest BCUT2D eigenvalue weighted by Gasteiger charge is 2.23. The van der Waals surface area contributed by atoms with Crippen LogP contribution in [-0.4, -0.2) is 47.0 Å². The Hall–Kier alpha value is -1.93. The van der Waals surface area contributed by atoms with E-state index >= 15 is 0 Å². The van der Waals surface area contributed by atoms with Crippen LogP contribution < -0.4 is 15.5 Å². The average Bonchev–Trinajstić information content (AvgIpc) is 2.63. The fourth-order valence-electron chi connectivity index (χ4n) is 3.04. The van der Waals surface area contributed by atoms with Gasteiger partial charge in [-0.1, -0.05) is 0 Å². The summed E-state index contributed by atoms with van der Waals surface area (Å²) in [6.45, 7) is 0. The van der Waals surface area contributed by atoms with Gasteiger partial charge in [0.15, 0.2) is 0 Å². The van der Waals surface area contributed by atoms with Gasteiger partial charge < -0.3 is 15.5 Å². The van der Waals surface area contributed by atoms with E-state index in [1.54, 1.807) is 24.7 Å². The molecule has 1 aliphatic rings. The molecule has 7 nitrogen and oxygen atoms in total. The summed E-state index contributed by atoms with van der Waals surface area (Å²) in [5.41, 5.74) is 0.577. The van der Waals surface area contributed by atoms with Gasteiger partial charge in [-0.05, 0) is 53.7 Å². The second kappa shape index (κ2) is 9.85. The van der Waals surface area contributed by atoms with Crippen LogP contribution >= 0.6 is 28.3 Å². The van der Waals surface area contributed by atoms with Gasteiger partial charge in [0.1, 0.15) is 5.82 Å². The molecule has 2 aromatic heterocycles. The molecule has 0 radical (unpaired) electrons. The van der Waals surface area contributed by atoms with E-state index in [1.165, 1.54) is 0 Å². The van der Waals surface area contributed by atoms with Gasteiger partial charge in [-0.3, -0.25) is 9.78 Å². The first-order valence-electron chi connectivity index (χ1n) is 8.69. The lowest BCUT2D eigenvalue weighted by atomic mass is 9.91. The molecule has 0 spiro atoms. The second-order valence-corrected chi connectivity index (χ2v) is 7.61. The third-order valence-electron chi connectivity index (χ3n) is 4.46. The van der Waals surface area contributed by atoms with Crippen molar-refractivity contribution in [3.05, 3.63) is 40.8 Å². The smallest absolute Gasteiger partial charge is 0.253 e. The van der Waals surface area contributed by atoms with Crippen molar-refractivity contribution in [3.63, 3.8) is 0 Å². The average molecular weight is 456 g/mol. The molecule has 0 atom stereocenters. The Morgan fingerprint density at radius 1 is 1.19 bits per heavy atom. The van der Waals surface area contributed by atoms with Crippen molar-refractivity contribution in [1.29, 1.82) is 0 Å².